The zero-order valence-corrected chi connectivity index (χ0v) is 11.1. The molecular weight excluding hydrogens is 240 g/mol. The normalized spacial score (nSPS) is 18.2. The van der Waals surface area contributed by atoms with Crippen LogP contribution >= 0.6 is 11.8 Å². The Morgan fingerprint density at radius 1 is 1.41 bits per heavy atom. The van der Waals surface area contributed by atoms with Crippen LogP contribution in [0.25, 0.3) is 0 Å². The van der Waals surface area contributed by atoms with Crippen LogP contribution in [0.5, 0.6) is 0 Å². The van der Waals surface area contributed by atoms with Gasteiger partial charge < -0.3 is 15.7 Å². The number of urea groups is 1. The van der Waals surface area contributed by atoms with Crippen molar-refractivity contribution in [1.82, 2.24) is 10.6 Å². The van der Waals surface area contributed by atoms with Crippen molar-refractivity contribution < 1.29 is 14.7 Å². The average Bonchev–Trinajstić information content (AvgIpc) is 3.07. The zero-order chi connectivity index (χ0) is 12.9. The first-order valence-electron chi connectivity index (χ1n) is 5.82. The van der Waals surface area contributed by atoms with Crippen LogP contribution in [-0.2, 0) is 4.79 Å². The molecule has 2 amide bonds. The first-order chi connectivity index (χ1) is 8.03. The van der Waals surface area contributed by atoms with Crippen molar-refractivity contribution in [2.75, 3.05) is 19.3 Å². The van der Waals surface area contributed by atoms with Crippen LogP contribution in [0.2, 0.25) is 0 Å². The summed E-state index contributed by atoms with van der Waals surface area (Å²) in [5, 5.41) is 14.2. The molecular formula is C11H20N2O3S. The van der Waals surface area contributed by atoms with Crippen molar-refractivity contribution in [1.29, 1.82) is 0 Å². The van der Waals surface area contributed by atoms with E-state index in [1.165, 1.54) is 0 Å². The first kappa shape index (κ1) is 14.2. The maximum atomic E-state index is 11.5. The van der Waals surface area contributed by atoms with Crippen molar-refractivity contribution in [2.24, 2.45) is 5.92 Å². The number of rotatable bonds is 7. The number of carboxylic acids is 1. The highest BCUT2D eigenvalue weighted by molar-refractivity contribution is 8.00. The number of nitrogens with one attached hydrogen (secondary N) is 2. The second-order valence-electron chi connectivity index (χ2n) is 4.39. The Hall–Kier alpha value is -0.910. The third kappa shape index (κ3) is 4.46. The average molecular weight is 260 g/mol. The molecule has 5 nitrogen and oxygen atoms in total. The van der Waals surface area contributed by atoms with E-state index < -0.39 is 11.9 Å². The maximum Gasteiger partial charge on any atom is 0.314 e. The van der Waals surface area contributed by atoms with Crippen LogP contribution in [0.4, 0.5) is 4.79 Å². The summed E-state index contributed by atoms with van der Waals surface area (Å²) in [5.41, 5.74) is 0. The minimum Gasteiger partial charge on any atom is -0.481 e. The Morgan fingerprint density at radius 3 is 2.47 bits per heavy atom. The van der Waals surface area contributed by atoms with Crippen molar-refractivity contribution in [2.45, 2.75) is 30.9 Å². The monoisotopic (exact) mass is 260 g/mol. The second kappa shape index (κ2) is 6.14. The van der Waals surface area contributed by atoms with Gasteiger partial charge in [-0.3, -0.25) is 4.79 Å². The number of carbonyl (C=O) groups is 2. The molecule has 3 N–H and O–H groups in total. The molecule has 1 atom stereocenters. The summed E-state index contributed by atoms with van der Waals surface area (Å²) in [4.78, 5) is 22.2. The van der Waals surface area contributed by atoms with Gasteiger partial charge in [0.25, 0.3) is 0 Å². The summed E-state index contributed by atoms with van der Waals surface area (Å²) in [6.07, 6.45) is 4.84. The van der Waals surface area contributed by atoms with Gasteiger partial charge in [0.15, 0.2) is 0 Å². The fraction of sp³-hybridized carbons (Fsp3) is 0.818. The summed E-state index contributed by atoms with van der Waals surface area (Å²) in [6.45, 7) is 2.64. The second-order valence-corrected chi connectivity index (χ2v) is 5.67. The van der Waals surface area contributed by atoms with Gasteiger partial charge in [-0.05, 0) is 25.5 Å². The maximum absolute atomic E-state index is 11.5. The van der Waals surface area contributed by atoms with Crippen LogP contribution in [0.3, 0.4) is 0 Å². The molecule has 1 fully saturated rings. The van der Waals surface area contributed by atoms with Crippen molar-refractivity contribution in [3.05, 3.63) is 0 Å². The zero-order valence-electron chi connectivity index (χ0n) is 10.3. The number of hydrogen-bond donors (Lipinski definition) is 3. The summed E-state index contributed by atoms with van der Waals surface area (Å²) in [7, 11) is 0. The summed E-state index contributed by atoms with van der Waals surface area (Å²) in [5.74, 6) is -1.37. The lowest BCUT2D eigenvalue weighted by Gasteiger charge is -2.15. The number of aliphatic carboxylic acids is 1. The van der Waals surface area contributed by atoms with E-state index in [1.807, 2.05) is 6.26 Å². The molecule has 1 aliphatic carbocycles. The van der Waals surface area contributed by atoms with E-state index in [1.54, 1.807) is 18.7 Å². The van der Waals surface area contributed by atoms with Crippen LogP contribution < -0.4 is 10.6 Å². The minimum atomic E-state index is -0.865. The molecule has 0 aliphatic heterocycles. The van der Waals surface area contributed by atoms with Gasteiger partial charge in [0, 0.05) is 17.8 Å². The van der Waals surface area contributed by atoms with Gasteiger partial charge >= 0.3 is 12.0 Å². The van der Waals surface area contributed by atoms with Gasteiger partial charge in [-0.2, -0.15) is 11.8 Å². The lowest BCUT2D eigenvalue weighted by atomic mass is 10.1. The lowest BCUT2D eigenvalue weighted by Crippen LogP contribution is -2.42. The molecule has 0 radical (unpaired) electrons. The fourth-order valence-corrected chi connectivity index (χ4v) is 2.25. The van der Waals surface area contributed by atoms with Crippen molar-refractivity contribution in [3.8, 4) is 0 Å². The standard InChI is InChI=1S/C11H20N2O3S/c1-3-8(9(14)15)6-12-10(16)13-7-11(17-2)4-5-11/h8H,3-7H2,1-2H3,(H,14,15)(H2,12,13,16). The molecule has 6 heteroatoms. The third-order valence-electron chi connectivity index (χ3n) is 3.16. The van der Waals surface area contributed by atoms with Crippen LogP contribution in [0.15, 0.2) is 0 Å². The molecule has 98 valence electrons. The molecule has 0 aromatic carbocycles. The predicted molar refractivity (Wildman–Crippen MR) is 68.3 cm³/mol. The van der Waals surface area contributed by atoms with E-state index in [-0.39, 0.29) is 17.3 Å². The largest absolute Gasteiger partial charge is 0.481 e. The van der Waals surface area contributed by atoms with E-state index in [9.17, 15) is 9.59 Å². The third-order valence-corrected chi connectivity index (χ3v) is 4.58. The smallest absolute Gasteiger partial charge is 0.314 e. The summed E-state index contributed by atoms with van der Waals surface area (Å²) < 4.78 is 0.230. The minimum absolute atomic E-state index is 0.184. The Bertz CT molecular complexity index is 292. The van der Waals surface area contributed by atoms with Crippen molar-refractivity contribution in [3.63, 3.8) is 0 Å². The van der Waals surface area contributed by atoms with Gasteiger partial charge in [-0.1, -0.05) is 6.92 Å². The number of amides is 2. The lowest BCUT2D eigenvalue weighted by molar-refractivity contribution is -0.141. The Kier molecular flexibility index (Phi) is 5.11. The number of thioether (sulfide) groups is 1. The number of carboxylic acid groups (broad SMARTS) is 1. The van der Waals surface area contributed by atoms with E-state index in [2.05, 4.69) is 10.6 Å². The van der Waals surface area contributed by atoms with E-state index in [4.69, 9.17) is 5.11 Å². The Morgan fingerprint density at radius 2 is 2.06 bits per heavy atom. The fourth-order valence-electron chi connectivity index (χ4n) is 1.52. The highest BCUT2D eigenvalue weighted by Crippen LogP contribution is 2.46. The van der Waals surface area contributed by atoms with E-state index >= 15 is 0 Å². The topological polar surface area (TPSA) is 78.4 Å². The van der Waals surface area contributed by atoms with Gasteiger partial charge in [0.05, 0.1) is 5.92 Å². The Labute approximate surface area is 106 Å². The molecule has 0 aromatic heterocycles. The SMILES string of the molecule is CCC(CNC(=O)NCC1(SC)CC1)C(=O)O. The van der Waals surface area contributed by atoms with E-state index in [0.717, 1.165) is 12.8 Å². The quantitative estimate of drug-likeness (QED) is 0.644. The molecule has 0 aromatic rings. The van der Waals surface area contributed by atoms with Crippen LogP contribution in [0, 0.1) is 5.92 Å². The van der Waals surface area contributed by atoms with Crippen LogP contribution in [0.1, 0.15) is 26.2 Å². The van der Waals surface area contributed by atoms with Gasteiger partial charge in [-0.15, -0.1) is 0 Å². The molecule has 1 unspecified atom stereocenters. The molecule has 1 aliphatic rings. The first-order valence-corrected chi connectivity index (χ1v) is 7.05. The Balaban J connectivity index is 2.19. The molecule has 0 saturated heterocycles. The van der Waals surface area contributed by atoms with E-state index in [0.29, 0.717) is 13.0 Å². The number of hydrogen-bond acceptors (Lipinski definition) is 3. The molecule has 1 saturated carbocycles. The highest BCUT2D eigenvalue weighted by atomic mass is 32.2. The molecule has 17 heavy (non-hydrogen) atoms. The summed E-state index contributed by atoms with van der Waals surface area (Å²) in [6, 6.07) is -0.273. The van der Waals surface area contributed by atoms with Gasteiger partial charge in [0.1, 0.15) is 0 Å². The highest BCUT2D eigenvalue weighted by Gasteiger charge is 2.41. The molecule has 1 rings (SSSR count). The van der Waals surface area contributed by atoms with Crippen LogP contribution in [-0.4, -0.2) is 41.2 Å². The van der Waals surface area contributed by atoms with Crippen molar-refractivity contribution >= 4 is 23.8 Å². The van der Waals surface area contributed by atoms with Gasteiger partial charge in [0.2, 0.25) is 0 Å². The number of carbonyl (C=O) groups excluding carboxylic acids is 1. The predicted octanol–water partition coefficient (Wildman–Crippen LogP) is 1.29. The van der Waals surface area contributed by atoms with Gasteiger partial charge in [-0.25, -0.2) is 4.79 Å². The molecule has 0 bridgehead atoms. The molecule has 0 heterocycles. The summed E-state index contributed by atoms with van der Waals surface area (Å²) >= 11 is 1.78. The molecule has 0 spiro atoms.